The van der Waals surface area contributed by atoms with Crippen LogP contribution >= 0.6 is 12.4 Å². The van der Waals surface area contributed by atoms with E-state index in [-0.39, 0.29) is 35.3 Å². The van der Waals surface area contributed by atoms with Crippen LogP contribution in [0.3, 0.4) is 0 Å². The maximum Gasteiger partial charge on any atom is 0.274 e. The number of nitro benzene ring substituents is 1. The Bertz CT molecular complexity index is 617. The molecule has 8 nitrogen and oxygen atoms in total. The van der Waals surface area contributed by atoms with Crippen molar-refractivity contribution in [3.63, 3.8) is 0 Å². The second-order valence-corrected chi connectivity index (χ2v) is 5.37. The number of non-ortho nitro benzene ring substituents is 1. The third-order valence-corrected chi connectivity index (χ3v) is 3.86. The van der Waals surface area contributed by atoms with E-state index < -0.39 is 4.92 Å². The molecule has 2 aliphatic heterocycles. The van der Waals surface area contributed by atoms with E-state index >= 15 is 0 Å². The van der Waals surface area contributed by atoms with Crippen molar-refractivity contribution in [2.75, 3.05) is 46.4 Å². The molecule has 0 aromatic heterocycles. The third-order valence-electron chi connectivity index (χ3n) is 3.86. The van der Waals surface area contributed by atoms with Crippen LogP contribution < -0.4 is 9.47 Å². The topological polar surface area (TPSA) is 85.2 Å². The van der Waals surface area contributed by atoms with Gasteiger partial charge in [-0.1, -0.05) is 0 Å². The first-order valence-electron chi connectivity index (χ1n) is 7.12. The normalized spacial score (nSPS) is 17.3. The summed E-state index contributed by atoms with van der Waals surface area (Å²) in [5.41, 5.74) is 0.0372. The average molecular weight is 344 g/mol. The molecule has 0 saturated carbocycles. The molecule has 0 atom stereocenters. The maximum atomic E-state index is 12.7. The predicted octanol–water partition coefficient (Wildman–Crippen LogP) is 1.18. The number of carbonyl (C=O) groups excluding carboxylic acids is 1. The van der Waals surface area contributed by atoms with Crippen molar-refractivity contribution in [1.82, 2.24) is 9.80 Å². The number of hydrogen-bond donors (Lipinski definition) is 0. The molecule has 23 heavy (non-hydrogen) atoms. The Hall–Kier alpha value is -2.06. The maximum absolute atomic E-state index is 12.7. The Balaban J connectivity index is 0.00000192. The van der Waals surface area contributed by atoms with E-state index in [4.69, 9.17) is 9.47 Å². The highest BCUT2D eigenvalue weighted by Gasteiger charge is 2.29. The number of hydrogen-bond acceptors (Lipinski definition) is 6. The predicted molar refractivity (Wildman–Crippen MR) is 84.7 cm³/mol. The van der Waals surface area contributed by atoms with Gasteiger partial charge in [0.1, 0.15) is 13.2 Å². The lowest BCUT2D eigenvalue weighted by Crippen LogP contribution is -2.47. The lowest BCUT2D eigenvalue weighted by molar-refractivity contribution is -0.385. The van der Waals surface area contributed by atoms with Crippen LogP contribution in [-0.4, -0.2) is 67.1 Å². The van der Waals surface area contributed by atoms with Crippen LogP contribution in [-0.2, 0) is 0 Å². The van der Waals surface area contributed by atoms with Gasteiger partial charge in [-0.2, -0.15) is 0 Å². The standard InChI is InChI=1S/C14H17N3O5.ClH/c1-15-2-4-16(5-3-15)14(18)11-8-10(17(19)20)9-12-13(11)22-7-6-21-12;/h8-9H,2-7H2,1H3;1H. The Morgan fingerprint density at radius 2 is 1.83 bits per heavy atom. The second-order valence-electron chi connectivity index (χ2n) is 5.37. The van der Waals surface area contributed by atoms with Crippen molar-refractivity contribution in [3.05, 3.63) is 27.8 Å². The number of likely N-dealkylation sites (N-methyl/N-ethyl adjacent to an activating group) is 1. The molecule has 9 heteroatoms. The molecule has 0 aliphatic carbocycles. The number of nitro groups is 1. The van der Waals surface area contributed by atoms with Crippen LogP contribution in [0.5, 0.6) is 11.5 Å². The zero-order valence-electron chi connectivity index (χ0n) is 12.7. The second kappa shape index (κ2) is 7.01. The zero-order chi connectivity index (χ0) is 15.7. The molecule has 1 aromatic carbocycles. The van der Waals surface area contributed by atoms with Gasteiger partial charge in [0.15, 0.2) is 11.5 Å². The van der Waals surface area contributed by atoms with Gasteiger partial charge < -0.3 is 19.3 Å². The average Bonchev–Trinajstić information content (AvgIpc) is 2.53. The molecule has 0 bridgehead atoms. The summed E-state index contributed by atoms with van der Waals surface area (Å²) in [7, 11) is 1.99. The molecule has 2 aliphatic rings. The smallest absolute Gasteiger partial charge is 0.274 e. The van der Waals surface area contributed by atoms with E-state index in [2.05, 4.69) is 4.90 Å². The number of fused-ring (bicyclic) bond motifs is 1. The molecule has 2 heterocycles. The van der Waals surface area contributed by atoms with Gasteiger partial charge in [0.05, 0.1) is 16.6 Å². The molecule has 0 spiro atoms. The fraction of sp³-hybridized carbons (Fsp3) is 0.500. The minimum absolute atomic E-state index is 0. The summed E-state index contributed by atoms with van der Waals surface area (Å²) in [4.78, 5) is 27.1. The number of nitrogens with zero attached hydrogens (tertiary/aromatic N) is 3. The summed E-state index contributed by atoms with van der Waals surface area (Å²) in [5.74, 6) is 0.317. The number of rotatable bonds is 2. The number of halogens is 1. The number of carbonyl (C=O) groups is 1. The highest BCUT2D eigenvalue weighted by molar-refractivity contribution is 5.98. The van der Waals surface area contributed by atoms with Crippen molar-refractivity contribution in [2.24, 2.45) is 0 Å². The van der Waals surface area contributed by atoms with E-state index in [0.29, 0.717) is 32.1 Å². The van der Waals surface area contributed by atoms with Gasteiger partial charge in [-0.05, 0) is 7.05 Å². The SMILES string of the molecule is CN1CCN(C(=O)c2cc([N+](=O)[O-])cc3c2OCCO3)CC1.Cl. The van der Waals surface area contributed by atoms with Crippen LogP contribution in [0.4, 0.5) is 5.69 Å². The molecular formula is C14H18ClN3O5. The summed E-state index contributed by atoms with van der Waals surface area (Å²) >= 11 is 0. The fourth-order valence-electron chi connectivity index (χ4n) is 2.58. The summed E-state index contributed by atoms with van der Waals surface area (Å²) in [6.07, 6.45) is 0. The van der Waals surface area contributed by atoms with Crippen LogP contribution in [0, 0.1) is 10.1 Å². The molecule has 126 valence electrons. The molecular weight excluding hydrogens is 326 g/mol. The minimum atomic E-state index is -0.529. The Labute approximate surface area is 139 Å². The van der Waals surface area contributed by atoms with E-state index in [1.54, 1.807) is 4.90 Å². The summed E-state index contributed by atoms with van der Waals surface area (Å²) in [6, 6.07) is 2.57. The first kappa shape index (κ1) is 17.3. The van der Waals surface area contributed by atoms with Gasteiger partial charge in [0.2, 0.25) is 0 Å². The number of benzene rings is 1. The van der Waals surface area contributed by atoms with Crippen molar-refractivity contribution in [3.8, 4) is 11.5 Å². The number of ether oxygens (including phenoxy) is 2. The van der Waals surface area contributed by atoms with Gasteiger partial charge in [-0.3, -0.25) is 14.9 Å². The van der Waals surface area contributed by atoms with E-state index in [1.807, 2.05) is 7.05 Å². The summed E-state index contributed by atoms with van der Waals surface area (Å²) < 4.78 is 10.9. The number of amides is 1. The lowest BCUT2D eigenvalue weighted by atomic mass is 10.1. The first-order valence-corrected chi connectivity index (χ1v) is 7.12. The third kappa shape index (κ3) is 3.48. The monoisotopic (exact) mass is 343 g/mol. The Morgan fingerprint density at radius 3 is 2.48 bits per heavy atom. The minimum Gasteiger partial charge on any atom is -0.486 e. The van der Waals surface area contributed by atoms with Crippen molar-refractivity contribution >= 4 is 24.0 Å². The molecule has 3 rings (SSSR count). The quantitative estimate of drug-likeness (QED) is 0.592. The molecule has 0 unspecified atom stereocenters. The van der Waals surface area contributed by atoms with Gasteiger partial charge in [0, 0.05) is 32.2 Å². The lowest BCUT2D eigenvalue weighted by Gasteiger charge is -2.33. The largest absolute Gasteiger partial charge is 0.486 e. The highest BCUT2D eigenvalue weighted by atomic mass is 35.5. The van der Waals surface area contributed by atoms with Crippen LogP contribution in [0.1, 0.15) is 10.4 Å². The van der Waals surface area contributed by atoms with Crippen molar-refractivity contribution in [1.29, 1.82) is 0 Å². The molecule has 0 N–H and O–H groups in total. The molecule has 1 fully saturated rings. The van der Waals surface area contributed by atoms with Gasteiger partial charge in [-0.25, -0.2) is 0 Å². The fourth-order valence-corrected chi connectivity index (χ4v) is 2.58. The Morgan fingerprint density at radius 1 is 1.17 bits per heavy atom. The zero-order valence-corrected chi connectivity index (χ0v) is 13.5. The van der Waals surface area contributed by atoms with Crippen LogP contribution in [0.15, 0.2) is 12.1 Å². The number of piperazine rings is 1. The van der Waals surface area contributed by atoms with Gasteiger partial charge in [0.25, 0.3) is 11.6 Å². The molecule has 1 saturated heterocycles. The molecule has 0 radical (unpaired) electrons. The highest BCUT2D eigenvalue weighted by Crippen LogP contribution is 2.38. The summed E-state index contributed by atoms with van der Waals surface area (Å²) in [5, 5.41) is 11.1. The molecule has 1 aromatic rings. The first-order chi connectivity index (χ1) is 10.6. The van der Waals surface area contributed by atoms with Crippen molar-refractivity contribution < 1.29 is 19.2 Å². The van der Waals surface area contributed by atoms with Gasteiger partial charge >= 0.3 is 0 Å². The van der Waals surface area contributed by atoms with Gasteiger partial charge in [-0.15, -0.1) is 12.4 Å². The van der Waals surface area contributed by atoms with Crippen LogP contribution in [0.2, 0.25) is 0 Å². The van der Waals surface area contributed by atoms with E-state index in [1.165, 1.54) is 12.1 Å². The van der Waals surface area contributed by atoms with Crippen LogP contribution in [0.25, 0.3) is 0 Å². The molecule has 1 amide bonds. The summed E-state index contributed by atoms with van der Waals surface area (Å²) in [6.45, 7) is 3.38. The van der Waals surface area contributed by atoms with E-state index in [9.17, 15) is 14.9 Å². The van der Waals surface area contributed by atoms with Crippen molar-refractivity contribution in [2.45, 2.75) is 0 Å². The Kier molecular flexibility index (Phi) is 5.27. The van der Waals surface area contributed by atoms with E-state index in [0.717, 1.165) is 13.1 Å².